The van der Waals surface area contributed by atoms with Gasteiger partial charge in [-0.1, -0.05) is 59.9 Å². The lowest BCUT2D eigenvalue weighted by atomic mass is 9.76. The summed E-state index contributed by atoms with van der Waals surface area (Å²) in [6.45, 7) is 13.4. The van der Waals surface area contributed by atoms with E-state index in [0.29, 0.717) is 18.0 Å². The zero-order valence-corrected chi connectivity index (χ0v) is 22.9. The normalized spacial score (nSPS) is 21.6. The largest absolute Gasteiger partial charge is 0.481 e. The molecule has 2 aliphatic heterocycles. The van der Waals surface area contributed by atoms with Crippen LogP contribution in [0.5, 0.6) is 11.5 Å². The lowest BCUT2D eigenvalue weighted by Gasteiger charge is -2.35. The first kappa shape index (κ1) is 28.3. The van der Waals surface area contributed by atoms with Crippen LogP contribution in [0.15, 0.2) is 18.2 Å². The van der Waals surface area contributed by atoms with Gasteiger partial charge in [-0.15, -0.1) is 0 Å². The summed E-state index contributed by atoms with van der Waals surface area (Å²) in [5.41, 5.74) is 0.927. The summed E-state index contributed by atoms with van der Waals surface area (Å²) in [6, 6.07) is 5.56. The third-order valence-corrected chi connectivity index (χ3v) is 7.80. The molecule has 3 atom stereocenters. The molecule has 36 heavy (non-hydrogen) atoms. The molecule has 2 aliphatic rings. The van der Waals surface area contributed by atoms with Crippen molar-refractivity contribution in [3.8, 4) is 11.5 Å². The van der Waals surface area contributed by atoms with Crippen LogP contribution in [-0.2, 0) is 9.59 Å². The number of aliphatic carboxylic acids is 1. The van der Waals surface area contributed by atoms with Crippen LogP contribution in [0.25, 0.3) is 0 Å². The molecule has 0 saturated carbocycles. The molecule has 1 aromatic rings. The number of carbonyl (C=O) groups excluding carboxylic acids is 1. The van der Waals surface area contributed by atoms with Gasteiger partial charge < -0.3 is 19.5 Å². The average molecular weight is 503 g/mol. The molecule has 1 fully saturated rings. The van der Waals surface area contributed by atoms with Gasteiger partial charge in [0.15, 0.2) is 11.5 Å². The van der Waals surface area contributed by atoms with Crippen molar-refractivity contribution in [2.75, 3.05) is 33.0 Å². The van der Waals surface area contributed by atoms with Gasteiger partial charge in [-0.2, -0.15) is 0 Å². The van der Waals surface area contributed by atoms with Gasteiger partial charge in [-0.25, -0.2) is 0 Å². The summed E-state index contributed by atoms with van der Waals surface area (Å²) in [6.07, 6.45) is 6.87. The van der Waals surface area contributed by atoms with E-state index in [2.05, 4.69) is 39.5 Å². The van der Waals surface area contributed by atoms with E-state index >= 15 is 0 Å². The number of hydrogen-bond acceptors (Lipinski definition) is 5. The first-order valence-corrected chi connectivity index (χ1v) is 13.8. The van der Waals surface area contributed by atoms with E-state index in [1.807, 2.05) is 23.1 Å². The fraction of sp³-hybridized carbons (Fsp3) is 0.724. The second-order valence-electron chi connectivity index (χ2n) is 11.3. The minimum Gasteiger partial charge on any atom is -0.481 e. The molecule has 1 aromatic carbocycles. The van der Waals surface area contributed by atoms with E-state index in [-0.39, 0.29) is 36.6 Å². The van der Waals surface area contributed by atoms with Crippen molar-refractivity contribution in [2.45, 2.75) is 91.5 Å². The van der Waals surface area contributed by atoms with Gasteiger partial charge in [0.2, 0.25) is 12.7 Å². The van der Waals surface area contributed by atoms with Gasteiger partial charge in [-0.05, 0) is 48.8 Å². The standard InChI is InChI=1S/C29H46N2O5/c1-6-9-14-30(15-10-7-2)26(32)19-31-18-22(21-11-12-24-25(16-21)36-20-35-24)27(28(33)34)23(31)17-29(4,5)13-8-3/h11-12,16,22-23,27H,6-10,13-15,17-20H2,1-5H3,(H,33,34)/t22-,23+,27-/m1/s1. The maximum Gasteiger partial charge on any atom is 0.308 e. The number of likely N-dealkylation sites (tertiary alicyclic amines) is 1. The minimum atomic E-state index is -0.793. The summed E-state index contributed by atoms with van der Waals surface area (Å²) in [5, 5.41) is 10.5. The number of fused-ring (bicyclic) bond motifs is 1. The number of carbonyl (C=O) groups is 2. The zero-order valence-electron chi connectivity index (χ0n) is 22.9. The van der Waals surface area contributed by atoms with Crippen LogP contribution in [0.3, 0.4) is 0 Å². The molecule has 7 nitrogen and oxygen atoms in total. The van der Waals surface area contributed by atoms with Crippen LogP contribution in [0.1, 0.15) is 91.0 Å². The number of carboxylic acids is 1. The summed E-state index contributed by atoms with van der Waals surface area (Å²) < 4.78 is 11.1. The van der Waals surface area contributed by atoms with Crippen LogP contribution in [0, 0.1) is 11.3 Å². The van der Waals surface area contributed by atoms with E-state index in [1.165, 1.54) is 0 Å². The first-order valence-electron chi connectivity index (χ1n) is 13.8. The molecule has 0 unspecified atom stereocenters. The van der Waals surface area contributed by atoms with Crippen molar-refractivity contribution < 1.29 is 24.2 Å². The van der Waals surface area contributed by atoms with E-state index < -0.39 is 11.9 Å². The van der Waals surface area contributed by atoms with Crippen molar-refractivity contribution in [2.24, 2.45) is 11.3 Å². The maximum atomic E-state index is 13.5. The average Bonchev–Trinajstić information content (AvgIpc) is 3.43. The van der Waals surface area contributed by atoms with Gasteiger partial charge in [0.05, 0.1) is 12.5 Å². The molecule has 1 amide bonds. The van der Waals surface area contributed by atoms with Gasteiger partial charge in [0.25, 0.3) is 0 Å². The molecular formula is C29H46N2O5. The number of benzene rings is 1. The van der Waals surface area contributed by atoms with Gasteiger partial charge in [-0.3, -0.25) is 14.5 Å². The Bertz CT molecular complexity index is 878. The lowest BCUT2D eigenvalue weighted by molar-refractivity contribution is -0.144. The number of carboxylic acid groups (broad SMARTS) is 1. The number of rotatable bonds is 14. The molecule has 202 valence electrons. The highest BCUT2D eigenvalue weighted by Crippen LogP contribution is 2.45. The monoisotopic (exact) mass is 502 g/mol. The fourth-order valence-corrected chi connectivity index (χ4v) is 5.91. The Morgan fingerprint density at radius 3 is 2.33 bits per heavy atom. The molecular weight excluding hydrogens is 456 g/mol. The molecule has 1 N–H and O–H groups in total. The summed E-state index contributed by atoms with van der Waals surface area (Å²) in [4.78, 5) is 30.4. The van der Waals surface area contributed by atoms with Crippen LogP contribution in [0.2, 0.25) is 0 Å². The molecule has 3 rings (SSSR count). The van der Waals surface area contributed by atoms with Crippen molar-refractivity contribution in [3.63, 3.8) is 0 Å². The Morgan fingerprint density at radius 2 is 1.72 bits per heavy atom. The van der Waals surface area contributed by atoms with E-state index in [9.17, 15) is 14.7 Å². The molecule has 0 bridgehead atoms. The molecule has 0 spiro atoms. The highest BCUT2D eigenvalue weighted by atomic mass is 16.7. The smallest absolute Gasteiger partial charge is 0.308 e. The van der Waals surface area contributed by atoms with Gasteiger partial charge >= 0.3 is 5.97 Å². The molecule has 0 radical (unpaired) electrons. The molecule has 0 aliphatic carbocycles. The summed E-state index contributed by atoms with van der Waals surface area (Å²) in [5.74, 6) is -0.122. The Balaban J connectivity index is 1.90. The van der Waals surface area contributed by atoms with Gasteiger partial charge in [0, 0.05) is 31.6 Å². The highest BCUT2D eigenvalue weighted by molar-refractivity contribution is 5.79. The third kappa shape index (κ3) is 6.93. The predicted molar refractivity (Wildman–Crippen MR) is 141 cm³/mol. The number of nitrogens with zero attached hydrogens (tertiary/aromatic N) is 2. The number of hydrogen-bond donors (Lipinski definition) is 1. The quantitative estimate of drug-likeness (QED) is 0.360. The Labute approximate surface area is 217 Å². The maximum absolute atomic E-state index is 13.5. The molecule has 7 heteroatoms. The SMILES string of the molecule is CCCCN(CCCC)C(=O)CN1C[C@H](c2ccc3c(c2)OCO3)[C@@H](C(=O)O)[C@@H]1CC(C)(C)CCC. The topological polar surface area (TPSA) is 79.3 Å². The lowest BCUT2D eigenvalue weighted by Crippen LogP contribution is -2.46. The molecule has 2 heterocycles. The van der Waals surface area contributed by atoms with Crippen molar-refractivity contribution in [3.05, 3.63) is 23.8 Å². The Morgan fingerprint density at radius 1 is 1.06 bits per heavy atom. The van der Waals surface area contributed by atoms with Gasteiger partial charge in [0.1, 0.15) is 0 Å². The third-order valence-electron chi connectivity index (χ3n) is 7.80. The van der Waals surface area contributed by atoms with Crippen molar-refractivity contribution >= 4 is 11.9 Å². The van der Waals surface area contributed by atoms with Crippen LogP contribution in [0.4, 0.5) is 0 Å². The Hall–Kier alpha value is -2.28. The van der Waals surface area contributed by atoms with Crippen LogP contribution in [-0.4, -0.2) is 65.8 Å². The minimum absolute atomic E-state index is 0.0116. The summed E-state index contributed by atoms with van der Waals surface area (Å²) in [7, 11) is 0. The Kier molecular flexibility index (Phi) is 10.1. The van der Waals surface area contributed by atoms with Crippen molar-refractivity contribution in [1.82, 2.24) is 9.80 Å². The highest BCUT2D eigenvalue weighted by Gasteiger charge is 2.48. The van der Waals surface area contributed by atoms with Crippen LogP contribution >= 0.6 is 0 Å². The number of amides is 1. The predicted octanol–water partition coefficient (Wildman–Crippen LogP) is 5.53. The van der Waals surface area contributed by atoms with Crippen LogP contribution < -0.4 is 9.47 Å². The fourth-order valence-electron chi connectivity index (χ4n) is 5.91. The number of ether oxygens (including phenoxy) is 2. The van der Waals surface area contributed by atoms with E-state index in [4.69, 9.17) is 9.47 Å². The first-order chi connectivity index (χ1) is 17.2. The van der Waals surface area contributed by atoms with E-state index in [0.717, 1.165) is 63.6 Å². The molecule has 1 saturated heterocycles. The van der Waals surface area contributed by atoms with E-state index in [1.54, 1.807) is 0 Å². The summed E-state index contributed by atoms with van der Waals surface area (Å²) >= 11 is 0. The number of unbranched alkanes of at least 4 members (excludes halogenated alkanes) is 2. The van der Waals surface area contributed by atoms with Crippen molar-refractivity contribution in [1.29, 1.82) is 0 Å². The zero-order chi connectivity index (χ0) is 26.3. The second kappa shape index (κ2) is 12.8. The molecule has 0 aromatic heterocycles. The second-order valence-corrected chi connectivity index (χ2v) is 11.3.